The van der Waals surface area contributed by atoms with E-state index in [1.807, 2.05) is 31.2 Å². The fourth-order valence-corrected chi connectivity index (χ4v) is 4.69. The van der Waals surface area contributed by atoms with Crippen molar-refractivity contribution in [3.05, 3.63) is 52.5 Å². The third-order valence-electron chi connectivity index (χ3n) is 4.16. The van der Waals surface area contributed by atoms with Gasteiger partial charge in [-0.25, -0.2) is 15.0 Å². The highest BCUT2D eigenvalue weighted by Gasteiger charge is 2.15. The Hall–Kier alpha value is -2.88. The Balaban J connectivity index is 1.56. The average Bonchev–Trinajstić information content (AvgIpc) is 3.35. The maximum absolute atomic E-state index is 12.7. The molecule has 4 rings (SSSR count). The molecule has 0 bridgehead atoms. The quantitative estimate of drug-likeness (QED) is 0.461. The van der Waals surface area contributed by atoms with Crippen LogP contribution >= 0.6 is 22.7 Å². The predicted molar refractivity (Wildman–Crippen MR) is 115 cm³/mol. The van der Waals surface area contributed by atoms with Crippen LogP contribution in [0.4, 0.5) is 11.1 Å². The molecule has 9 heteroatoms. The number of nitrogens with zero attached hydrogens (tertiary/aromatic N) is 3. The van der Waals surface area contributed by atoms with Gasteiger partial charge < -0.3 is 11.1 Å². The number of anilines is 2. The van der Waals surface area contributed by atoms with E-state index in [0.717, 1.165) is 31.9 Å². The first-order chi connectivity index (χ1) is 13.6. The number of amides is 1. The van der Waals surface area contributed by atoms with E-state index in [2.05, 4.69) is 25.6 Å². The van der Waals surface area contributed by atoms with E-state index in [9.17, 15) is 4.79 Å². The fraction of sp³-hybridized carbons (Fsp3) is 0.158. The van der Waals surface area contributed by atoms with Gasteiger partial charge in [-0.05, 0) is 42.3 Å². The third-order valence-corrected chi connectivity index (χ3v) is 6.19. The molecule has 3 aromatic heterocycles. The first-order valence-corrected chi connectivity index (χ1v) is 10.2. The Morgan fingerprint density at radius 2 is 2.04 bits per heavy atom. The molecule has 0 aliphatic heterocycles. The second kappa shape index (κ2) is 7.63. The molecule has 0 aliphatic carbocycles. The minimum atomic E-state index is -0.185. The number of aromatic nitrogens is 3. The molecule has 0 fully saturated rings. The van der Waals surface area contributed by atoms with Crippen molar-refractivity contribution in [1.82, 2.24) is 15.0 Å². The highest BCUT2D eigenvalue weighted by atomic mass is 32.1. The summed E-state index contributed by atoms with van der Waals surface area (Å²) in [5, 5.41) is 6.39. The average molecular weight is 411 g/mol. The molecule has 0 radical (unpaired) electrons. The van der Waals surface area contributed by atoms with Crippen molar-refractivity contribution in [3.8, 4) is 10.6 Å². The molecule has 4 aromatic rings. The number of nitrogens with one attached hydrogen (secondary N) is 2. The Morgan fingerprint density at radius 3 is 2.82 bits per heavy atom. The summed E-state index contributed by atoms with van der Waals surface area (Å²) >= 11 is 2.83. The van der Waals surface area contributed by atoms with Crippen LogP contribution < -0.4 is 16.4 Å². The second-order valence-corrected chi connectivity index (χ2v) is 8.23. The van der Waals surface area contributed by atoms with E-state index in [-0.39, 0.29) is 5.91 Å². The molecule has 0 unspecified atom stereocenters. The van der Waals surface area contributed by atoms with Gasteiger partial charge in [0.25, 0.3) is 5.91 Å². The van der Waals surface area contributed by atoms with Crippen molar-refractivity contribution in [2.45, 2.75) is 13.5 Å². The van der Waals surface area contributed by atoms with Crippen LogP contribution in [0.15, 0.2) is 36.5 Å². The monoisotopic (exact) mass is 410 g/mol. The first-order valence-electron chi connectivity index (χ1n) is 8.60. The minimum absolute atomic E-state index is 0.185. The number of fused-ring (bicyclic) bond motifs is 1. The Bertz CT molecular complexity index is 1170. The number of hydrogen-bond acceptors (Lipinski definition) is 8. The topological polar surface area (TPSA) is 106 Å². The first kappa shape index (κ1) is 18.5. The number of aryl methyl sites for hydroxylation is 1. The lowest BCUT2D eigenvalue weighted by Crippen LogP contribution is -2.09. The summed E-state index contributed by atoms with van der Waals surface area (Å²) in [6, 6.07) is 9.55. The van der Waals surface area contributed by atoms with Crippen molar-refractivity contribution >= 4 is 49.9 Å². The van der Waals surface area contributed by atoms with E-state index in [1.54, 1.807) is 19.3 Å². The van der Waals surface area contributed by atoms with Crippen LogP contribution in [0.5, 0.6) is 0 Å². The molecular formula is C19H18N6OS2. The van der Waals surface area contributed by atoms with Gasteiger partial charge in [-0.15, -0.1) is 11.3 Å². The highest BCUT2D eigenvalue weighted by molar-refractivity contribution is 7.22. The molecule has 1 amide bonds. The lowest BCUT2D eigenvalue weighted by atomic mass is 10.1. The molecule has 28 heavy (non-hydrogen) atoms. The van der Waals surface area contributed by atoms with Gasteiger partial charge in [0.2, 0.25) is 5.95 Å². The molecule has 7 nitrogen and oxygen atoms in total. The van der Waals surface area contributed by atoms with E-state index in [4.69, 9.17) is 5.73 Å². The van der Waals surface area contributed by atoms with E-state index >= 15 is 0 Å². The number of rotatable bonds is 5. The number of nitrogens with two attached hydrogens (primary N) is 1. The van der Waals surface area contributed by atoms with Gasteiger partial charge in [-0.2, -0.15) is 0 Å². The number of carbonyl (C=O) groups is 1. The van der Waals surface area contributed by atoms with E-state index in [0.29, 0.717) is 22.5 Å². The van der Waals surface area contributed by atoms with Crippen LogP contribution in [0, 0.1) is 6.92 Å². The summed E-state index contributed by atoms with van der Waals surface area (Å²) in [5.41, 5.74) is 9.52. The number of hydrogen-bond donors (Lipinski definition) is 3. The van der Waals surface area contributed by atoms with Gasteiger partial charge in [0.15, 0.2) is 5.13 Å². The van der Waals surface area contributed by atoms with Gasteiger partial charge in [0, 0.05) is 19.8 Å². The summed E-state index contributed by atoms with van der Waals surface area (Å²) in [5.74, 6) is 0.355. The van der Waals surface area contributed by atoms with Crippen molar-refractivity contribution in [3.63, 3.8) is 0 Å². The van der Waals surface area contributed by atoms with Gasteiger partial charge in [0.05, 0.1) is 25.7 Å². The van der Waals surface area contributed by atoms with E-state index in [1.165, 1.54) is 22.7 Å². The van der Waals surface area contributed by atoms with Crippen molar-refractivity contribution in [2.24, 2.45) is 5.73 Å². The summed E-state index contributed by atoms with van der Waals surface area (Å²) in [7, 11) is 1.77. The zero-order valence-corrected chi connectivity index (χ0v) is 16.9. The zero-order valence-electron chi connectivity index (χ0n) is 15.3. The van der Waals surface area contributed by atoms with Crippen LogP contribution in [-0.4, -0.2) is 27.9 Å². The van der Waals surface area contributed by atoms with Crippen LogP contribution in [0.3, 0.4) is 0 Å². The number of thiazole rings is 1. The van der Waals surface area contributed by atoms with Gasteiger partial charge in [-0.1, -0.05) is 17.4 Å². The molecule has 3 heterocycles. The van der Waals surface area contributed by atoms with Gasteiger partial charge >= 0.3 is 0 Å². The molecule has 142 valence electrons. The lowest BCUT2D eigenvalue weighted by molar-refractivity contribution is 0.103. The molecule has 0 spiro atoms. The Labute approximate surface area is 169 Å². The third kappa shape index (κ3) is 3.59. The van der Waals surface area contributed by atoms with Crippen LogP contribution in [0.2, 0.25) is 0 Å². The summed E-state index contributed by atoms with van der Waals surface area (Å²) < 4.78 is 1.02. The van der Waals surface area contributed by atoms with Crippen LogP contribution in [0.25, 0.3) is 20.8 Å². The largest absolute Gasteiger partial charge is 0.357 e. The van der Waals surface area contributed by atoms with Gasteiger partial charge in [0.1, 0.15) is 0 Å². The molecule has 4 N–H and O–H groups in total. The smallest absolute Gasteiger partial charge is 0.267 e. The van der Waals surface area contributed by atoms with Crippen molar-refractivity contribution in [1.29, 1.82) is 0 Å². The Morgan fingerprint density at radius 1 is 1.18 bits per heavy atom. The maximum Gasteiger partial charge on any atom is 0.267 e. The summed E-state index contributed by atoms with van der Waals surface area (Å²) in [6.07, 6.45) is 1.69. The number of carbonyl (C=O) groups excluding carboxylic acids is 1. The second-order valence-electron chi connectivity index (χ2n) is 6.12. The summed E-state index contributed by atoms with van der Waals surface area (Å²) in [6.45, 7) is 2.48. The molecule has 0 saturated heterocycles. The molecular weight excluding hydrogens is 392 g/mol. The normalized spacial score (nSPS) is 11.0. The minimum Gasteiger partial charge on any atom is -0.357 e. The van der Waals surface area contributed by atoms with Gasteiger partial charge in [-0.3, -0.25) is 10.1 Å². The lowest BCUT2D eigenvalue weighted by Gasteiger charge is -2.00. The molecule has 0 saturated carbocycles. The predicted octanol–water partition coefficient (Wildman–Crippen LogP) is 3.88. The zero-order chi connectivity index (χ0) is 19.7. The fourth-order valence-electron chi connectivity index (χ4n) is 2.81. The maximum atomic E-state index is 12.7. The van der Waals surface area contributed by atoms with E-state index < -0.39 is 0 Å². The Kier molecular flexibility index (Phi) is 5.03. The summed E-state index contributed by atoms with van der Waals surface area (Å²) in [4.78, 5) is 27.2. The van der Waals surface area contributed by atoms with Crippen molar-refractivity contribution < 1.29 is 4.79 Å². The molecule has 0 atom stereocenters. The molecule has 0 aliphatic rings. The SMILES string of the molecule is CNc1nccc(-c2ccc(C(=O)Nc3nc4c(C)cc(CN)cc4s3)s2)n1. The standard InChI is InChI=1S/C19H18N6OS2/c1-10-7-11(9-20)8-15-16(10)24-19(28-15)25-17(26)14-4-3-13(27-14)12-5-6-22-18(21-2)23-12/h3-8H,9,20H2,1-2H3,(H,21,22,23)(H,24,25,26). The highest BCUT2D eigenvalue weighted by Crippen LogP contribution is 2.31. The van der Waals surface area contributed by atoms with Crippen LogP contribution in [0.1, 0.15) is 20.8 Å². The number of thiophene rings is 1. The van der Waals surface area contributed by atoms with Crippen LogP contribution in [-0.2, 0) is 6.54 Å². The molecule has 1 aromatic carbocycles. The van der Waals surface area contributed by atoms with Crippen molar-refractivity contribution in [2.75, 3.05) is 17.7 Å². The number of benzene rings is 1.